The molecule has 0 radical (unpaired) electrons. The Kier molecular flexibility index (Phi) is 3.41. The third kappa shape index (κ3) is 2.59. The number of hydrogen-bond acceptors (Lipinski definition) is 2. The molecule has 2 N–H and O–H groups in total. The molecule has 0 aliphatic heterocycles. The maximum atomic E-state index is 4.23. The van der Waals surface area contributed by atoms with Crippen LogP contribution in [-0.4, -0.2) is 16.0 Å². The molecule has 1 aromatic rings. The van der Waals surface area contributed by atoms with E-state index in [1.807, 2.05) is 12.4 Å². The largest absolute Gasteiger partial charge is 0.348 e. The fraction of sp³-hybridized carbons (Fsp3) is 0.750. The Morgan fingerprint density at radius 1 is 1.47 bits per heavy atom. The van der Waals surface area contributed by atoms with Gasteiger partial charge in [0.15, 0.2) is 0 Å². The van der Waals surface area contributed by atoms with Crippen LogP contribution < -0.4 is 5.32 Å². The molecule has 0 saturated heterocycles. The zero-order valence-corrected chi connectivity index (χ0v) is 9.66. The van der Waals surface area contributed by atoms with Crippen LogP contribution in [0.4, 0.5) is 0 Å². The molecule has 0 aromatic carbocycles. The smallest absolute Gasteiger partial charge is 0.120 e. The number of nitrogens with one attached hydrogen (secondary N) is 2. The average molecular weight is 207 g/mol. The summed E-state index contributed by atoms with van der Waals surface area (Å²) >= 11 is 0. The number of rotatable bonds is 3. The average Bonchev–Trinajstić information content (AvgIpc) is 2.73. The van der Waals surface area contributed by atoms with Crippen molar-refractivity contribution in [2.75, 3.05) is 0 Å². The van der Waals surface area contributed by atoms with Gasteiger partial charge in [-0.1, -0.05) is 26.7 Å². The SMILES string of the molecule is C[C@H]1[C@@H](NCc2ncc[nH]2)CCC[C@@H]1C. The molecule has 3 heteroatoms. The normalized spacial score (nSPS) is 31.7. The highest BCUT2D eigenvalue weighted by atomic mass is 15.0. The van der Waals surface area contributed by atoms with Gasteiger partial charge in [0.2, 0.25) is 0 Å². The van der Waals surface area contributed by atoms with Gasteiger partial charge in [0.05, 0.1) is 6.54 Å². The summed E-state index contributed by atoms with van der Waals surface area (Å²) in [6, 6.07) is 0.666. The van der Waals surface area contributed by atoms with Crippen molar-refractivity contribution in [3.63, 3.8) is 0 Å². The van der Waals surface area contributed by atoms with Crippen LogP contribution >= 0.6 is 0 Å². The highest BCUT2D eigenvalue weighted by molar-refractivity contribution is 4.89. The summed E-state index contributed by atoms with van der Waals surface area (Å²) in [5, 5.41) is 3.61. The van der Waals surface area contributed by atoms with E-state index >= 15 is 0 Å². The van der Waals surface area contributed by atoms with Gasteiger partial charge in [0.1, 0.15) is 5.82 Å². The molecular formula is C12H21N3. The minimum absolute atomic E-state index is 0.666. The van der Waals surface area contributed by atoms with Crippen LogP contribution in [0.5, 0.6) is 0 Å². The second-order valence-corrected chi connectivity index (χ2v) is 4.79. The van der Waals surface area contributed by atoms with E-state index in [9.17, 15) is 0 Å². The molecule has 3 nitrogen and oxygen atoms in total. The van der Waals surface area contributed by atoms with Crippen molar-refractivity contribution in [2.24, 2.45) is 11.8 Å². The van der Waals surface area contributed by atoms with Gasteiger partial charge in [-0.25, -0.2) is 4.98 Å². The number of H-pyrrole nitrogens is 1. The summed E-state index contributed by atoms with van der Waals surface area (Å²) in [7, 11) is 0. The predicted octanol–water partition coefficient (Wildman–Crippen LogP) is 2.32. The Balaban J connectivity index is 1.83. The second kappa shape index (κ2) is 4.79. The molecule has 1 saturated carbocycles. The highest BCUT2D eigenvalue weighted by Gasteiger charge is 2.26. The number of nitrogens with zero attached hydrogens (tertiary/aromatic N) is 1. The third-order valence-corrected chi connectivity index (χ3v) is 3.79. The van der Waals surface area contributed by atoms with Crippen LogP contribution in [0.3, 0.4) is 0 Å². The quantitative estimate of drug-likeness (QED) is 0.798. The lowest BCUT2D eigenvalue weighted by molar-refractivity contribution is 0.205. The van der Waals surface area contributed by atoms with Gasteiger partial charge in [0.25, 0.3) is 0 Å². The topological polar surface area (TPSA) is 40.7 Å². The minimum Gasteiger partial charge on any atom is -0.348 e. The van der Waals surface area contributed by atoms with Crippen LogP contribution in [-0.2, 0) is 6.54 Å². The molecule has 84 valence electrons. The number of aromatic nitrogens is 2. The van der Waals surface area contributed by atoms with Gasteiger partial charge in [-0.05, 0) is 18.3 Å². The first-order chi connectivity index (χ1) is 7.27. The molecule has 1 fully saturated rings. The van der Waals surface area contributed by atoms with Crippen LogP contribution in [0.25, 0.3) is 0 Å². The Labute approximate surface area is 91.7 Å². The fourth-order valence-electron chi connectivity index (χ4n) is 2.49. The molecular weight excluding hydrogens is 186 g/mol. The van der Waals surface area contributed by atoms with Crippen LogP contribution in [0.1, 0.15) is 38.9 Å². The Morgan fingerprint density at radius 2 is 2.33 bits per heavy atom. The van der Waals surface area contributed by atoms with E-state index in [0.29, 0.717) is 6.04 Å². The monoisotopic (exact) mass is 207 g/mol. The highest BCUT2D eigenvalue weighted by Crippen LogP contribution is 2.29. The third-order valence-electron chi connectivity index (χ3n) is 3.79. The molecule has 3 atom stereocenters. The standard InChI is InChI=1S/C12H21N3/c1-9-4-3-5-11(10(9)2)15-8-12-13-6-7-14-12/h6-7,9-11,15H,3-5,8H2,1-2H3,(H,13,14)/t9-,10+,11-/m0/s1. The van der Waals surface area contributed by atoms with E-state index in [1.54, 1.807) is 0 Å². The maximum Gasteiger partial charge on any atom is 0.120 e. The van der Waals surface area contributed by atoms with E-state index < -0.39 is 0 Å². The van der Waals surface area contributed by atoms with Gasteiger partial charge < -0.3 is 10.3 Å². The van der Waals surface area contributed by atoms with Gasteiger partial charge >= 0.3 is 0 Å². The van der Waals surface area contributed by atoms with E-state index in [4.69, 9.17) is 0 Å². The van der Waals surface area contributed by atoms with E-state index in [0.717, 1.165) is 24.2 Å². The van der Waals surface area contributed by atoms with Crippen molar-refractivity contribution < 1.29 is 0 Å². The first-order valence-corrected chi connectivity index (χ1v) is 5.99. The summed E-state index contributed by atoms with van der Waals surface area (Å²) < 4.78 is 0. The Bertz CT molecular complexity index is 281. The number of aromatic amines is 1. The summed E-state index contributed by atoms with van der Waals surface area (Å²) in [6.45, 7) is 5.60. The number of imidazole rings is 1. The summed E-state index contributed by atoms with van der Waals surface area (Å²) in [5.74, 6) is 2.68. The minimum atomic E-state index is 0.666. The first kappa shape index (κ1) is 10.7. The van der Waals surface area contributed by atoms with Gasteiger partial charge in [-0.2, -0.15) is 0 Å². The van der Waals surface area contributed by atoms with Gasteiger partial charge in [-0.15, -0.1) is 0 Å². The Morgan fingerprint density at radius 3 is 3.07 bits per heavy atom. The zero-order valence-electron chi connectivity index (χ0n) is 9.66. The lowest BCUT2D eigenvalue weighted by atomic mass is 9.78. The molecule has 2 rings (SSSR count). The second-order valence-electron chi connectivity index (χ2n) is 4.79. The fourth-order valence-corrected chi connectivity index (χ4v) is 2.49. The predicted molar refractivity (Wildman–Crippen MR) is 61.4 cm³/mol. The van der Waals surface area contributed by atoms with Crippen molar-refractivity contribution in [1.29, 1.82) is 0 Å². The van der Waals surface area contributed by atoms with Crippen molar-refractivity contribution in [3.8, 4) is 0 Å². The van der Waals surface area contributed by atoms with Crippen molar-refractivity contribution >= 4 is 0 Å². The van der Waals surface area contributed by atoms with E-state index in [-0.39, 0.29) is 0 Å². The number of hydrogen-bond donors (Lipinski definition) is 2. The lowest BCUT2D eigenvalue weighted by Crippen LogP contribution is -2.40. The maximum absolute atomic E-state index is 4.23. The molecule has 0 spiro atoms. The molecule has 0 amide bonds. The summed E-state index contributed by atoms with van der Waals surface area (Å²) in [6.07, 6.45) is 7.75. The molecule has 1 aliphatic carbocycles. The lowest BCUT2D eigenvalue weighted by Gasteiger charge is -2.34. The van der Waals surface area contributed by atoms with E-state index in [2.05, 4.69) is 29.1 Å². The van der Waals surface area contributed by atoms with Gasteiger partial charge in [0, 0.05) is 18.4 Å². The molecule has 1 aromatic heterocycles. The van der Waals surface area contributed by atoms with Crippen molar-refractivity contribution in [1.82, 2.24) is 15.3 Å². The molecule has 1 heterocycles. The van der Waals surface area contributed by atoms with Crippen LogP contribution in [0.2, 0.25) is 0 Å². The molecule has 1 aliphatic rings. The molecule has 15 heavy (non-hydrogen) atoms. The van der Waals surface area contributed by atoms with Crippen LogP contribution in [0.15, 0.2) is 12.4 Å². The zero-order chi connectivity index (χ0) is 10.7. The Hall–Kier alpha value is -0.830. The van der Waals surface area contributed by atoms with Gasteiger partial charge in [-0.3, -0.25) is 0 Å². The van der Waals surface area contributed by atoms with Crippen molar-refractivity contribution in [2.45, 2.75) is 45.7 Å². The van der Waals surface area contributed by atoms with E-state index in [1.165, 1.54) is 19.3 Å². The summed E-state index contributed by atoms with van der Waals surface area (Å²) in [4.78, 5) is 7.36. The summed E-state index contributed by atoms with van der Waals surface area (Å²) in [5.41, 5.74) is 0. The van der Waals surface area contributed by atoms with Crippen LogP contribution in [0, 0.1) is 11.8 Å². The first-order valence-electron chi connectivity index (χ1n) is 5.99. The molecule has 0 unspecified atom stereocenters. The molecule has 0 bridgehead atoms. The van der Waals surface area contributed by atoms with Crippen molar-refractivity contribution in [3.05, 3.63) is 18.2 Å².